The highest BCUT2D eigenvalue weighted by Gasteiger charge is 2.21. The number of fused-ring (bicyclic) bond motifs is 11. The molecule has 0 amide bonds. The highest BCUT2D eigenvalue weighted by molar-refractivity contribution is 6.19. The Balaban J connectivity index is 1.04. The number of para-hydroxylation sites is 3. The fourth-order valence-corrected chi connectivity index (χ4v) is 9.07. The summed E-state index contributed by atoms with van der Waals surface area (Å²) in [5.41, 5.74) is 10.8. The number of nitrogens with zero attached hydrogens (tertiary/aromatic N) is 2. The van der Waals surface area contributed by atoms with E-state index in [2.05, 4.69) is 210 Å². The van der Waals surface area contributed by atoms with Crippen molar-refractivity contribution in [1.82, 2.24) is 4.57 Å². The van der Waals surface area contributed by atoms with Crippen molar-refractivity contribution in [2.45, 2.75) is 0 Å². The van der Waals surface area contributed by atoms with Gasteiger partial charge in [0.15, 0.2) is 5.58 Å². The van der Waals surface area contributed by atoms with Gasteiger partial charge in [0.25, 0.3) is 0 Å². The highest BCUT2D eigenvalue weighted by atomic mass is 16.3. The standard InChI is InChI=1S/C54H34N2O/c1-2-13-40(14-3-1)56-51-33-39(27-31-45(51)47-32-26-37-12-5-7-16-44(37)53(47)56)35-23-28-41(29-24-35)55(50-19-10-18-48-46-17-8-9-20-52(46)57-54(48)50)42-30-25-38-22-21-36-11-4-6-15-43(36)49(38)34-42/h1-34H. The van der Waals surface area contributed by atoms with Gasteiger partial charge in [-0.1, -0.05) is 152 Å². The summed E-state index contributed by atoms with van der Waals surface area (Å²) >= 11 is 0. The van der Waals surface area contributed by atoms with Gasteiger partial charge >= 0.3 is 0 Å². The van der Waals surface area contributed by atoms with E-state index in [0.29, 0.717) is 0 Å². The third-order valence-electron chi connectivity index (χ3n) is 11.7. The van der Waals surface area contributed by atoms with Crippen molar-refractivity contribution in [1.29, 1.82) is 0 Å². The van der Waals surface area contributed by atoms with Crippen LogP contribution in [0.15, 0.2) is 211 Å². The van der Waals surface area contributed by atoms with Crippen LogP contribution >= 0.6 is 0 Å². The Hall–Kier alpha value is -7.62. The lowest BCUT2D eigenvalue weighted by atomic mass is 10.00. The Kier molecular flexibility index (Phi) is 6.93. The molecule has 2 aromatic heterocycles. The van der Waals surface area contributed by atoms with Gasteiger partial charge in [0.2, 0.25) is 0 Å². The molecule has 266 valence electrons. The average molecular weight is 727 g/mol. The van der Waals surface area contributed by atoms with Crippen LogP contribution in [0.1, 0.15) is 0 Å². The Morgan fingerprint density at radius 3 is 1.82 bits per heavy atom. The zero-order valence-electron chi connectivity index (χ0n) is 30.9. The van der Waals surface area contributed by atoms with Crippen molar-refractivity contribution in [3.05, 3.63) is 206 Å². The van der Waals surface area contributed by atoms with Crippen LogP contribution in [0.25, 0.3) is 92.9 Å². The Bertz CT molecular complexity index is 3520. The first-order valence-corrected chi connectivity index (χ1v) is 19.5. The van der Waals surface area contributed by atoms with E-state index in [-0.39, 0.29) is 0 Å². The molecule has 12 rings (SSSR count). The van der Waals surface area contributed by atoms with Gasteiger partial charge in [-0.15, -0.1) is 0 Å². The van der Waals surface area contributed by atoms with Crippen LogP contribution < -0.4 is 4.90 Å². The lowest BCUT2D eigenvalue weighted by molar-refractivity contribution is 0.669. The number of hydrogen-bond donors (Lipinski definition) is 0. The van der Waals surface area contributed by atoms with Gasteiger partial charge in [-0.05, 0) is 92.7 Å². The molecular weight excluding hydrogens is 693 g/mol. The van der Waals surface area contributed by atoms with Crippen molar-refractivity contribution in [3.63, 3.8) is 0 Å². The van der Waals surface area contributed by atoms with Crippen LogP contribution in [0, 0.1) is 0 Å². The molecular formula is C54H34N2O. The molecule has 0 saturated heterocycles. The Morgan fingerprint density at radius 1 is 0.368 bits per heavy atom. The topological polar surface area (TPSA) is 21.3 Å². The quantitative estimate of drug-likeness (QED) is 0.165. The molecule has 0 aliphatic rings. The predicted molar refractivity (Wildman–Crippen MR) is 241 cm³/mol. The first kappa shape index (κ1) is 31.7. The molecule has 2 heterocycles. The molecule has 0 fully saturated rings. The van der Waals surface area contributed by atoms with Crippen LogP contribution in [0.4, 0.5) is 17.1 Å². The monoisotopic (exact) mass is 726 g/mol. The molecule has 12 aromatic rings. The van der Waals surface area contributed by atoms with Gasteiger partial charge in [-0.3, -0.25) is 0 Å². The number of aromatic nitrogens is 1. The minimum absolute atomic E-state index is 0.868. The van der Waals surface area contributed by atoms with Crippen LogP contribution in [-0.2, 0) is 0 Å². The van der Waals surface area contributed by atoms with E-state index in [1.807, 2.05) is 6.07 Å². The molecule has 0 bridgehead atoms. The third kappa shape index (κ3) is 4.92. The number of rotatable bonds is 5. The lowest BCUT2D eigenvalue weighted by Crippen LogP contribution is -2.10. The van der Waals surface area contributed by atoms with Crippen LogP contribution in [-0.4, -0.2) is 4.57 Å². The normalized spacial score (nSPS) is 11.9. The van der Waals surface area contributed by atoms with Crippen LogP contribution in [0.3, 0.4) is 0 Å². The van der Waals surface area contributed by atoms with Gasteiger partial charge in [0.05, 0.1) is 16.7 Å². The summed E-state index contributed by atoms with van der Waals surface area (Å²) in [6, 6.07) is 74.5. The van der Waals surface area contributed by atoms with E-state index in [1.165, 1.54) is 59.7 Å². The molecule has 0 unspecified atom stereocenters. The van der Waals surface area contributed by atoms with E-state index in [4.69, 9.17) is 4.42 Å². The van der Waals surface area contributed by atoms with E-state index in [1.54, 1.807) is 0 Å². The lowest BCUT2D eigenvalue weighted by Gasteiger charge is -2.26. The largest absolute Gasteiger partial charge is 0.454 e. The fourth-order valence-electron chi connectivity index (χ4n) is 9.07. The SMILES string of the molecule is c1ccc(-n2c3cc(-c4ccc(N(c5ccc6ccc7ccccc7c6c5)c5cccc6c5oc5ccccc56)cc4)ccc3c3ccc4ccccc4c32)cc1. The zero-order chi connectivity index (χ0) is 37.5. The summed E-state index contributed by atoms with van der Waals surface area (Å²) in [6.45, 7) is 0. The fraction of sp³-hybridized carbons (Fsp3) is 0. The van der Waals surface area contributed by atoms with Crippen LogP contribution in [0.5, 0.6) is 0 Å². The molecule has 3 heteroatoms. The van der Waals surface area contributed by atoms with E-state index in [9.17, 15) is 0 Å². The first-order valence-electron chi connectivity index (χ1n) is 19.5. The number of anilines is 3. The molecule has 0 atom stereocenters. The van der Waals surface area contributed by atoms with Crippen molar-refractivity contribution in [2.24, 2.45) is 0 Å². The average Bonchev–Trinajstić information content (AvgIpc) is 3.83. The summed E-state index contributed by atoms with van der Waals surface area (Å²) in [5, 5.41) is 12.1. The van der Waals surface area contributed by atoms with Crippen LogP contribution in [0.2, 0.25) is 0 Å². The maximum atomic E-state index is 6.65. The molecule has 10 aromatic carbocycles. The number of hydrogen-bond acceptors (Lipinski definition) is 2. The maximum Gasteiger partial charge on any atom is 0.159 e. The maximum absolute atomic E-state index is 6.65. The summed E-state index contributed by atoms with van der Waals surface area (Å²) in [6.07, 6.45) is 0. The molecule has 0 radical (unpaired) electrons. The van der Waals surface area contributed by atoms with E-state index in [0.717, 1.165) is 50.3 Å². The molecule has 0 N–H and O–H groups in total. The summed E-state index contributed by atoms with van der Waals surface area (Å²) in [4.78, 5) is 2.34. The molecule has 0 aliphatic heterocycles. The summed E-state index contributed by atoms with van der Waals surface area (Å²) in [7, 11) is 0. The second-order valence-electron chi connectivity index (χ2n) is 14.9. The second kappa shape index (κ2) is 12.5. The van der Waals surface area contributed by atoms with Crippen molar-refractivity contribution in [3.8, 4) is 16.8 Å². The highest BCUT2D eigenvalue weighted by Crippen LogP contribution is 2.44. The smallest absolute Gasteiger partial charge is 0.159 e. The minimum Gasteiger partial charge on any atom is -0.454 e. The van der Waals surface area contributed by atoms with Gasteiger partial charge in [-0.25, -0.2) is 0 Å². The number of furan rings is 1. The zero-order valence-corrected chi connectivity index (χ0v) is 30.9. The summed E-state index contributed by atoms with van der Waals surface area (Å²) in [5.74, 6) is 0. The minimum atomic E-state index is 0.868. The van der Waals surface area contributed by atoms with Crippen molar-refractivity contribution >= 4 is 93.1 Å². The van der Waals surface area contributed by atoms with Gasteiger partial charge in [-0.2, -0.15) is 0 Å². The Morgan fingerprint density at radius 2 is 0.982 bits per heavy atom. The second-order valence-corrected chi connectivity index (χ2v) is 14.9. The van der Waals surface area contributed by atoms with Gasteiger partial charge in [0, 0.05) is 44.0 Å². The summed E-state index contributed by atoms with van der Waals surface area (Å²) < 4.78 is 9.09. The molecule has 3 nitrogen and oxygen atoms in total. The first-order chi connectivity index (χ1) is 28.3. The molecule has 57 heavy (non-hydrogen) atoms. The van der Waals surface area contributed by atoms with E-state index < -0.39 is 0 Å². The third-order valence-corrected chi connectivity index (χ3v) is 11.7. The molecule has 0 aliphatic carbocycles. The number of benzene rings is 10. The van der Waals surface area contributed by atoms with Gasteiger partial charge in [0.1, 0.15) is 5.58 Å². The molecule has 0 saturated carbocycles. The van der Waals surface area contributed by atoms with Crippen molar-refractivity contribution in [2.75, 3.05) is 4.90 Å². The molecule has 0 spiro atoms. The predicted octanol–water partition coefficient (Wildman–Crippen LogP) is 15.3. The van der Waals surface area contributed by atoms with Gasteiger partial charge < -0.3 is 13.9 Å². The van der Waals surface area contributed by atoms with Crippen molar-refractivity contribution < 1.29 is 4.42 Å². The Labute approximate surface area is 328 Å². The van der Waals surface area contributed by atoms with E-state index >= 15 is 0 Å².